The fourth-order valence-electron chi connectivity index (χ4n) is 2.25. The standard InChI is InChI=1S/C13H18F2N2O2S/c1-9(2)13(16)7-17(8-13)10-5-3-4-6-11(10)20(18,19)12(14)15/h3-6,9,12H,7-8,16H2,1-2H3. The molecule has 0 aliphatic carbocycles. The van der Waals surface area contributed by atoms with Gasteiger partial charge in [-0.2, -0.15) is 8.78 Å². The van der Waals surface area contributed by atoms with E-state index in [2.05, 4.69) is 0 Å². The summed E-state index contributed by atoms with van der Waals surface area (Å²) < 4.78 is 48.8. The average Bonchev–Trinajstić information content (AvgIpc) is 2.34. The van der Waals surface area contributed by atoms with E-state index < -0.39 is 21.1 Å². The third-order valence-corrected chi connectivity index (χ3v) is 5.29. The molecule has 1 aromatic rings. The van der Waals surface area contributed by atoms with Crippen LogP contribution in [-0.4, -0.2) is 32.8 Å². The van der Waals surface area contributed by atoms with E-state index in [4.69, 9.17) is 5.73 Å². The van der Waals surface area contributed by atoms with E-state index in [1.54, 1.807) is 11.0 Å². The number of nitrogens with zero attached hydrogens (tertiary/aromatic N) is 1. The van der Waals surface area contributed by atoms with Gasteiger partial charge in [0.05, 0.1) is 16.1 Å². The zero-order valence-corrected chi connectivity index (χ0v) is 12.2. The molecule has 1 aliphatic rings. The fraction of sp³-hybridized carbons (Fsp3) is 0.538. The summed E-state index contributed by atoms with van der Waals surface area (Å²) in [6, 6.07) is 5.82. The smallest absolute Gasteiger partial charge is 0.341 e. The molecule has 2 rings (SSSR count). The number of halogens is 2. The van der Waals surface area contributed by atoms with Crippen molar-refractivity contribution in [1.29, 1.82) is 0 Å². The lowest BCUT2D eigenvalue weighted by Crippen LogP contribution is -2.70. The first-order chi connectivity index (χ1) is 9.18. The van der Waals surface area contributed by atoms with Gasteiger partial charge in [0.25, 0.3) is 0 Å². The number of hydrogen-bond donors (Lipinski definition) is 1. The van der Waals surface area contributed by atoms with Gasteiger partial charge in [0, 0.05) is 13.1 Å². The monoisotopic (exact) mass is 304 g/mol. The Morgan fingerprint density at radius 2 is 1.80 bits per heavy atom. The molecular formula is C13H18F2N2O2S. The molecule has 0 radical (unpaired) electrons. The highest BCUT2D eigenvalue weighted by molar-refractivity contribution is 7.91. The number of alkyl halides is 2. The van der Waals surface area contributed by atoms with Crippen molar-refractivity contribution in [3.05, 3.63) is 24.3 Å². The minimum absolute atomic E-state index is 0.234. The first-order valence-corrected chi connectivity index (χ1v) is 7.88. The second-order valence-corrected chi connectivity index (χ2v) is 7.40. The highest BCUT2D eigenvalue weighted by Gasteiger charge is 2.43. The highest BCUT2D eigenvalue weighted by atomic mass is 32.2. The van der Waals surface area contributed by atoms with E-state index >= 15 is 0 Å². The van der Waals surface area contributed by atoms with Crippen LogP contribution in [0.2, 0.25) is 0 Å². The maximum Gasteiger partial charge on any atom is 0.341 e. The molecule has 0 amide bonds. The Hall–Kier alpha value is -1.21. The van der Waals surface area contributed by atoms with Crippen molar-refractivity contribution in [3.63, 3.8) is 0 Å². The molecule has 0 unspecified atom stereocenters. The third kappa shape index (κ3) is 2.40. The summed E-state index contributed by atoms with van der Waals surface area (Å²) in [5.41, 5.74) is 6.05. The Morgan fingerprint density at radius 1 is 1.25 bits per heavy atom. The summed E-state index contributed by atoms with van der Waals surface area (Å²) in [6.45, 7) is 4.89. The molecular weight excluding hydrogens is 286 g/mol. The lowest BCUT2D eigenvalue weighted by atomic mass is 9.80. The predicted molar refractivity (Wildman–Crippen MR) is 73.6 cm³/mol. The van der Waals surface area contributed by atoms with E-state index in [0.717, 1.165) is 0 Å². The number of para-hydroxylation sites is 1. The maximum atomic E-state index is 12.7. The van der Waals surface area contributed by atoms with Crippen LogP contribution in [0.25, 0.3) is 0 Å². The summed E-state index contributed by atoms with van der Waals surface area (Å²) in [5.74, 6) is -3.18. The molecule has 112 valence electrons. The van der Waals surface area contributed by atoms with E-state index in [0.29, 0.717) is 18.8 Å². The second-order valence-electron chi connectivity index (χ2n) is 5.52. The van der Waals surface area contributed by atoms with Crippen molar-refractivity contribution in [2.75, 3.05) is 18.0 Å². The van der Waals surface area contributed by atoms with Gasteiger partial charge in [-0.15, -0.1) is 0 Å². The van der Waals surface area contributed by atoms with Crippen LogP contribution in [0.1, 0.15) is 13.8 Å². The maximum absolute atomic E-state index is 12.7. The van der Waals surface area contributed by atoms with Gasteiger partial charge in [-0.1, -0.05) is 26.0 Å². The Morgan fingerprint density at radius 3 is 2.30 bits per heavy atom. The topological polar surface area (TPSA) is 63.4 Å². The van der Waals surface area contributed by atoms with Crippen molar-refractivity contribution in [2.24, 2.45) is 11.7 Å². The zero-order valence-electron chi connectivity index (χ0n) is 11.4. The molecule has 7 heteroatoms. The number of sulfone groups is 1. The Bertz CT molecular complexity index is 596. The summed E-state index contributed by atoms with van der Waals surface area (Å²) in [6.07, 6.45) is 0. The van der Waals surface area contributed by atoms with E-state index in [1.165, 1.54) is 18.2 Å². The molecule has 0 atom stereocenters. The van der Waals surface area contributed by atoms with Crippen LogP contribution in [0.4, 0.5) is 14.5 Å². The molecule has 0 spiro atoms. The van der Waals surface area contributed by atoms with Gasteiger partial charge in [-0.25, -0.2) is 8.42 Å². The van der Waals surface area contributed by atoms with Gasteiger partial charge < -0.3 is 10.6 Å². The predicted octanol–water partition coefficient (Wildman–Crippen LogP) is 1.86. The zero-order chi connectivity index (χ0) is 15.1. The van der Waals surface area contributed by atoms with Crippen molar-refractivity contribution in [1.82, 2.24) is 0 Å². The van der Waals surface area contributed by atoms with Crippen molar-refractivity contribution in [2.45, 2.75) is 30.0 Å². The molecule has 0 bridgehead atoms. The summed E-state index contributed by atoms with van der Waals surface area (Å²) in [4.78, 5) is 1.40. The number of rotatable bonds is 4. The number of hydrogen-bond acceptors (Lipinski definition) is 4. The van der Waals surface area contributed by atoms with Crippen LogP contribution in [0.15, 0.2) is 29.2 Å². The normalized spacial score (nSPS) is 18.4. The molecule has 0 saturated carbocycles. The molecule has 2 N–H and O–H groups in total. The second kappa shape index (κ2) is 4.96. The average molecular weight is 304 g/mol. The van der Waals surface area contributed by atoms with E-state index in [-0.39, 0.29) is 10.8 Å². The van der Waals surface area contributed by atoms with Gasteiger partial charge in [0.2, 0.25) is 9.84 Å². The third-order valence-electron chi connectivity index (χ3n) is 3.87. The molecule has 4 nitrogen and oxygen atoms in total. The Kier molecular flexibility index (Phi) is 3.77. The van der Waals surface area contributed by atoms with Crippen LogP contribution in [0.5, 0.6) is 0 Å². The lowest BCUT2D eigenvalue weighted by molar-refractivity contribution is 0.233. The number of nitrogens with two attached hydrogens (primary N) is 1. The molecule has 1 fully saturated rings. The molecule has 1 saturated heterocycles. The quantitative estimate of drug-likeness (QED) is 0.922. The first-order valence-electron chi connectivity index (χ1n) is 6.33. The van der Waals surface area contributed by atoms with Crippen LogP contribution < -0.4 is 10.6 Å². The van der Waals surface area contributed by atoms with Gasteiger partial charge in [0.15, 0.2) is 0 Å². The van der Waals surface area contributed by atoms with E-state index in [9.17, 15) is 17.2 Å². The van der Waals surface area contributed by atoms with Crippen LogP contribution in [0, 0.1) is 5.92 Å². The Labute approximate surface area is 117 Å². The van der Waals surface area contributed by atoms with Gasteiger partial charge >= 0.3 is 5.76 Å². The molecule has 0 aromatic heterocycles. The summed E-state index contributed by atoms with van der Waals surface area (Å²) in [5, 5.41) is 0. The lowest BCUT2D eigenvalue weighted by Gasteiger charge is -2.52. The molecule has 1 aliphatic heterocycles. The SMILES string of the molecule is CC(C)C1(N)CN(c2ccccc2S(=O)(=O)C(F)F)C1. The van der Waals surface area contributed by atoms with Gasteiger partial charge in [0.1, 0.15) is 0 Å². The number of benzene rings is 1. The van der Waals surface area contributed by atoms with Crippen LogP contribution >= 0.6 is 0 Å². The first kappa shape index (κ1) is 15.2. The fourth-order valence-corrected chi connectivity index (χ4v) is 3.20. The van der Waals surface area contributed by atoms with Crippen LogP contribution in [0.3, 0.4) is 0 Å². The van der Waals surface area contributed by atoms with Crippen molar-refractivity contribution < 1.29 is 17.2 Å². The minimum atomic E-state index is -4.60. The van der Waals surface area contributed by atoms with Crippen LogP contribution in [-0.2, 0) is 9.84 Å². The molecule has 20 heavy (non-hydrogen) atoms. The Balaban J connectivity index is 2.33. The highest BCUT2D eigenvalue weighted by Crippen LogP contribution is 2.36. The van der Waals surface area contributed by atoms with E-state index in [1.807, 2.05) is 13.8 Å². The summed E-state index contributed by atoms with van der Waals surface area (Å²) >= 11 is 0. The largest absolute Gasteiger partial charge is 0.367 e. The minimum Gasteiger partial charge on any atom is -0.367 e. The van der Waals surface area contributed by atoms with Crippen molar-refractivity contribution in [3.8, 4) is 0 Å². The van der Waals surface area contributed by atoms with Gasteiger partial charge in [-0.3, -0.25) is 0 Å². The van der Waals surface area contributed by atoms with Crippen molar-refractivity contribution >= 4 is 15.5 Å². The van der Waals surface area contributed by atoms with Gasteiger partial charge in [-0.05, 0) is 18.1 Å². The molecule has 1 aromatic carbocycles. The molecule has 1 heterocycles. The number of anilines is 1. The summed E-state index contributed by atoms with van der Waals surface area (Å²) in [7, 11) is -4.60.